The molecule has 0 fully saturated rings. The molecule has 0 aliphatic heterocycles. The van der Waals surface area contributed by atoms with E-state index in [0.717, 1.165) is 11.6 Å². The smallest absolute Gasteiger partial charge is 0.0407 e. The van der Waals surface area contributed by atoms with Crippen molar-refractivity contribution in [2.75, 3.05) is 25.5 Å². The first kappa shape index (κ1) is 12.3. The van der Waals surface area contributed by atoms with Crippen LogP contribution in [0.3, 0.4) is 0 Å². The molecule has 1 rings (SSSR count). The number of rotatable bonds is 4. The summed E-state index contributed by atoms with van der Waals surface area (Å²) in [5, 5.41) is 4.06. The molecule has 0 bridgehead atoms. The lowest BCUT2D eigenvalue weighted by atomic mass is 10.1. The topological polar surface area (TPSA) is 15.3 Å². The fourth-order valence-corrected chi connectivity index (χ4v) is 1.58. The molecule has 0 aliphatic rings. The predicted octanol–water partition coefficient (Wildman–Crippen LogP) is 2.77. The SMILES string of the molecule is CNC(C)(C)CN(C)c1ccc(Cl)cc1. The quantitative estimate of drug-likeness (QED) is 0.850. The second-order valence-corrected chi connectivity index (χ2v) is 4.90. The van der Waals surface area contributed by atoms with Crippen LogP contribution in [0.25, 0.3) is 0 Å². The number of hydrogen-bond donors (Lipinski definition) is 1. The molecule has 0 unspecified atom stereocenters. The molecular formula is C12H19ClN2. The van der Waals surface area contributed by atoms with E-state index in [4.69, 9.17) is 11.6 Å². The Morgan fingerprint density at radius 3 is 2.27 bits per heavy atom. The summed E-state index contributed by atoms with van der Waals surface area (Å²) in [6.07, 6.45) is 0. The first-order chi connectivity index (χ1) is 6.94. The van der Waals surface area contributed by atoms with Crippen molar-refractivity contribution in [1.29, 1.82) is 0 Å². The third-order valence-electron chi connectivity index (χ3n) is 2.58. The molecule has 0 aliphatic carbocycles. The summed E-state index contributed by atoms with van der Waals surface area (Å²) in [5.74, 6) is 0. The van der Waals surface area contributed by atoms with E-state index in [1.807, 2.05) is 31.3 Å². The summed E-state index contributed by atoms with van der Waals surface area (Å²) in [7, 11) is 4.07. The van der Waals surface area contributed by atoms with Gasteiger partial charge in [0.15, 0.2) is 0 Å². The standard InChI is InChI=1S/C12H19ClN2/c1-12(2,14-3)9-15(4)11-7-5-10(13)6-8-11/h5-8,14H,9H2,1-4H3. The maximum absolute atomic E-state index is 5.85. The average Bonchev–Trinajstić information content (AvgIpc) is 2.18. The van der Waals surface area contributed by atoms with Gasteiger partial charge in [-0.2, -0.15) is 0 Å². The van der Waals surface area contributed by atoms with Crippen molar-refractivity contribution in [1.82, 2.24) is 5.32 Å². The molecule has 0 atom stereocenters. The van der Waals surface area contributed by atoms with Crippen molar-refractivity contribution < 1.29 is 0 Å². The van der Waals surface area contributed by atoms with E-state index in [0.29, 0.717) is 0 Å². The predicted molar refractivity (Wildman–Crippen MR) is 67.9 cm³/mol. The van der Waals surface area contributed by atoms with E-state index >= 15 is 0 Å². The molecule has 1 aromatic carbocycles. The lowest BCUT2D eigenvalue weighted by Crippen LogP contribution is -2.46. The van der Waals surface area contributed by atoms with Gasteiger partial charge in [0.1, 0.15) is 0 Å². The van der Waals surface area contributed by atoms with Crippen LogP contribution in [0.15, 0.2) is 24.3 Å². The largest absolute Gasteiger partial charge is 0.373 e. The van der Waals surface area contributed by atoms with E-state index < -0.39 is 0 Å². The molecule has 0 heterocycles. The zero-order valence-electron chi connectivity index (χ0n) is 9.84. The van der Waals surface area contributed by atoms with E-state index in [9.17, 15) is 0 Å². The van der Waals surface area contributed by atoms with Crippen molar-refractivity contribution in [3.63, 3.8) is 0 Å². The van der Waals surface area contributed by atoms with Gasteiger partial charge in [-0.05, 0) is 45.2 Å². The molecule has 0 saturated heterocycles. The fraction of sp³-hybridized carbons (Fsp3) is 0.500. The molecular weight excluding hydrogens is 208 g/mol. The Hall–Kier alpha value is -0.730. The Bertz CT molecular complexity index is 306. The first-order valence-electron chi connectivity index (χ1n) is 5.10. The van der Waals surface area contributed by atoms with Gasteiger partial charge in [-0.3, -0.25) is 0 Å². The zero-order chi connectivity index (χ0) is 11.5. The Morgan fingerprint density at radius 1 is 1.27 bits per heavy atom. The second kappa shape index (κ2) is 4.86. The molecule has 3 heteroatoms. The van der Waals surface area contributed by atoms with Gasteiger partial charge in [-0.25, -0.2) is 0 Å². The molecule has 0 radical (unpaired) electrons. The van der Waals surface area contributed by atoms with Gasteiger partial charge in [0.05, 0.1) is 0 Å². The van der Waals surface area contributed by atoms with Gasteiger partial charge >= 0.3 is 0 Å². The lowest BCUT2D eigenvalue weighted by molar-refractivity contribution is 0.428. The Kier molecular flexibility index (Phi) is 4.00. The Balaban J connectivity index is 2.69. The number of nitrogens with one attached hydrogen (secondary N) is 1. The van der Waals surface area contributed by atoms with Crippen LogP contribution in [-0.4, -0.2) is 26.2 Å². The minimum absolute atomic E-state index is 0.106. The van der Waals surface area contributed by atoms with Crippen molar-refractivity contribution >= 4 is 17.3 Å². The third-order valence-corrected chi connectivity index (χ3v) is 2.83. The van der Waals surface area contributed by atoms with Crippen LogP contribution in [0.2, 0.25) is 5.02 Å². The van der Waals surface area contributed by atoms with Crippen molar-refractivity contribution in [3.8, 4) is 0 Å². The number of benzene rings is 1. The fourth-order valence-electron chi connectivity index (χ4n) is 1.46. The van der Waals surface area contributed by atoms with Crippen LogP contribution >= 0.6 is 11.6 Å². The summed E-state index contributed by atoms with van der Waals surface area (Å²) in [5.41, 5.74) is 1.29. The molecule has 0 spiro atoms. The van der Waals surface area contributed by atoms with Gasteiger partial charge in [-0.1, -0.05) is 11.6 Å². The van der Waals surface area contributed by atoms with Gasteiger partial charge in [0.2, 0.25) is 0 Å². The van der Waals surface area contributed by atoms with E-state index in [1.54, 1.807) is 0 Å². The molecule has 84 valence electrons. The highest BCUT2D eigenvalue weighted by Crippen LogP contribution is 2.18. The van der Waals surface area contributed by atoms with Crippen LogP contribution in [0, 0.1) is 0 Å². The molecule has 1 N–H and O–H groups in total. The first-order valence-corrected chi connectivity index (χ1v) is 5.48. The van der Waals surface area contributed by atoms with Crippen molar-refractivity contribution in [2.24, 2.45) is 0 Å². The van der Waals surface area contributed by atoms with Crippen LogP contribution in [0.1, 0.15) is 13.8 Å². The highest BCUT2D eigenvalue weighted by atomic mass is 35.5. The number of nitrogens with zero attached hydrogens (tertiary/aromatic N) is 1. The zero-order valence-corrected chi connectivity index (χ0v) is 10.6. The maximum Gasteiger partial charge on any atom is 0.0407 e. The molecule has 0 saturated carbocycles. The summed E-state index contributed by atoms with van der Waals surface area (Å²) in [6.45, 7) is 5.31. The lowest BCUT2D eigenvalue weighted by Gasteiger charge is -2.31. The number of halogens is 1. The summed E-state index contributed by atoms with van der Waals surface area (Å²) >= 11 is 5.85. The van der Waals surface area contributed by atoms with Crippen LogP contribution in [0.5, 0.6) is 0 Å². The van der Waals surface area contributed by atoms with Crippen LogP contribution < -0.4 is 10.2 Å². The highest BCUT2D eigenvalue weighted by molar-refractivity contribution is 6.30. The normalized spacial score (nSPS) is 11.5. The van der Waals surface area contributed by atoms with Gasteiger partial charge < -0.3 is 10.2 Å². The third kappa shape index (κ3) is 3.73. The van der Waals surface area contributed by atoms with Crippen molar-refractivity contribution in [2.45, 2.75) is 19.4 Å². The molecule has 0 amide bonds. The Morgan fingerprint density at radius 2 is 1.80 bits per heavy atom. The number of hydrogen-bond acceptors (Lipinski definition) is 2. The van der Waals surface area contributed by atoms with Gasteiger partial charge in [0, 0.05) is 29.8 Å². The van der Waals surface area contributed by atoms with Crippen molar-refractivity contribution in [3.05, 3.63) is 29.3 Å². The molecule has 1 aromatic rings. The maximum atomic E-state index is 5.85. The van der Waals surface area contributed by atoms with E-state index in [-0.39, 0.29) is 5.54 Å². The Labute approximate surface area is 97.2 Å². The van der Waals surface area contributed by atoms with E-state index in [2.05, 4.69) is 31.1 Å². The van der Waals surface area contributed by atoms with Gasteiger partial charge in [0.25, 0.3) is 0 Å². The number of anilines is 1. The second-order valence-electron chi connectivity index (χ2n) is 4.47. The minimum atomic E-state index is 0.106. The summed E-state index contributed by atoms with van der Waals surface area (Å²) in [6, 6.07) is 7.90. The minimum Gasteiger partial charge on any atom is -0.373 e. The molecule has 2 nitrogen and oxygen atoms in total. The summed E-state index contributed by atoms with van der Waals surface area (Å²) in [4.78, 5) is 2.22. The van der Waals surface area contributed by atoms with Crippen LogP contribution in [0.4, 0.5) is 5.69 Å². The summed E-state index contributed by atoms with van der Waals surface area (Å²) < 4.78 is 0. The molecule has 0 aromatic heterocycles. The molecule has 15 heavy (non-hydrogen) atoms. The van der Waals surface area contributed by atoms with Gasteiger partial charge in [-0.15, -0.1) is 0 Å². The highest BCUT2D eigenvalue weighted by Gasteiger charge is 2.17. The van der Waals surface area contributed by atoms with Crippen LogP contribution in [-0.2, 0) is 0 Å². The average molecular weight is 227 g/mol. The monoisotopic (exact) mass is 226 g/mol. The van der Waals surface area contributed by atoms with E-state index in [1.165, 1.54) is 5.69 Å². The number of likely N-dealkylation sites (N-methyl/N-ethyl adjacent to an activating group) is 2.